The number of nitrogens with zero attached hydrogens (tertiary/aromatic N) is 2. The number of carboxylic acids is 1. The first-order valence-corrected chi connectivity index (χ1v) is 13.0. The van der Waals surface area contributed by atoms with E-state index in [-0.39, 0.29) is 18.9 Å². The lowest BCUT2D eigenvalue weighted by molar-refractivity contribution is -0.137. The van der Waals surface area contributed by atoms with Crippen LogP contribution in [0.3, 0.4) is 0 Å². The van der Waals surface area contributed by atoms with Crippen LogP contribution < -0.4 is 4.90 Å². The summed E-state index contributed by atoms with van der Waals surface area (Å²) in [7, 11) is 0. The van der Waals surface area contributed by atoms with Gasteiger partial charge in [-0.2, -0.15) is 0 Å². The first-order chi connectivity index (χ1) is 15.5. The summed E-state index contributed by atoms with van der Waals surface area (Å²) in [6, 6.07) is 8.37. The van der Waals surface area contributed by atoms with Gasteiger partial charge in [0.2, 0.25) is 0 Å². The number of aliphatic carboxylic acids is 1. The monoisotopic (exact) mass is 472 g/mol. The molecule has 172 valence electrons. The van der Waals surface area contributed by atoms with E-state index in [4.69, 9.17) is 17.3 Å². The van der Waals surface area contributed by atoms with Crippen molar-refractivity contribution in [2.45, 2.75) is 57.8 Å². The van der Waals surface area contributed by atoms with E-state index >= 15 is 0 Å². The Kier molecular flexibility index (Phi) is 7.89. The fourth-order valence-electron chi connectivity index (χ4n) is 5.15. The van der Waals surface area contributed by atoms with Crippen LogP contribution in [0.25, 0.3) is 6.08 Å². The summed E-state index contributed by atoms with van der Waals surface area (Å²) in [5.74, 6) is 0.718. The second-order valence-electron chi connectivity index (χ2n) is 9.24. The minimum atomic E-state index is -0.934. The first kappa shape index (κ1) is 23.3. The number of amides is 1. The molecule has 1 saturated carbocycles. The van der Waals surface area contributed by atoms with Gasteiger partial charge in [0.05, 0.1) is 11.3 Å². The molecule has 1 aliphatic carbocycles. The van der Waals surface area contributed by atoms with Gasteiger partial charge in [-0.15, -0.1) is 0 Å². The molecule has 1 N–H and O–H groups in total. The van der Waals surface area contributed by atoms with Crippen LogP contribution in [0.2, 0.25) is 0 Å². The zero-order valence-electron chi connectivity index (χ0n) is 18.5. The van der Waals surface area contributed by atoms with Crippen molar-refractivity contribution in [2.75, 3.05) is 24.5 Å². The summed E-state index contributed by atoms with van der Waals surface area (Å²) in [5, 5.41) is 8.86. The third-order valence-electron chi connectivity index (χ3n) is 6.98. The van der Waals surface area contributed by atoms with Crippen LogP contribution in [0, 0.1) is 11.8 Å². The van der Waals surface area contributed by atoms with Crippen LogP contribution in [-0.4, -0.2) is 45.8 Å². The lowest BCUT2D eigenvalue weighted by Crippen LogP contribution is -2.34. The Balaban J connectivity index is 1.30. The zero-order chi connectivity index (χ0) is 22.5. The van der Waals surface area contributed by atoms with Crippen LogP contribution in [0.4, 0.5) is 5.69 Å². The lowest BCUT2D eigenvalue weighted by Gasteiger charge is -2.35. The topological polar surface area (TPSA) is 60.9 Å². The number of benzene rings is 1. The SMILES string of the molecule is O=C(O)CCN1C(=O)/C(=C\c2ccc(N3CCC(CC4CCCCC4)CC3)cc2)SC1=S. The molecule has 32 heavy (non-hydrogen) atoms. The maximum atomic E-state index is 12.6. The fourth-order valence-corrected chi connectivity index (χ4v) is 6.46. The van der Waals surface area contributed by atoms with Gasteiger partial charge in [0.15, 0.2) is 0 Å². The molecule has 2 saturated heterocycles. The summed E-state index contributed by atoms with van der Waals surface area (Å²) < 4.78 is 0.426. The number of carboxylic acid groups (broad SMARTS) is 1. The van der Waals surface area contributed by atoms with Crippen molar-refractivity contribution in [1.29, 1.82) is 0 Å². The van der Waals surface area contributed by atoms with Crippen molar-refractivity contribution in [2.24, 2.45) is 11.8 Å². The molecule has 4 rings (SSSR count). The Labute approximate surface area is 200 Å². The molecule has 1 amide bonds. The van der Waals surface area contributed by atoms with E-state index in [0.717, 1.165) is 30.5 Å². The van der Waals surface area contributed by atoms with Gasteiger partial charge >= 0.3 is 5.97 Å². The smallest absolute Gasteiger partial charge is 0.305 e. The van der Waals surface area contributed by atoms with Gasteiger partial charge in [-0.25, -0.2) is 0 Å². The molecule has 5 nitrogen and oxygen atoms in total. The van der Waals surface area contributed by atoms with Crippen molar-refractivity contribution in [3.05, 3.63) is 34.7 Å². The fraction of sp³-hybridized carbons (Fsp3) is 0.560. The molecule has 0 spiro atoms. The number of hydrogen-bond donors (Lipinski definition) is 1. The first-order valence-electron chi connectivity index (χ1n) is 11.8. The van der Waals surface area contributed by atoms with Gasteiger partial charge < -0.3 is 10.0 Å². The highest BCUT2D eigenvalue weighted by Gasteiger charge is 2.32. The van der Waals surface area contributed by atoms with E-state index in [1.807, 2.05) is 18.2 Å². The predicted octanol–water partition coefficient (Wildman–Crippen LogP) is 5.55. The van der Waals surface area contributed by atoms with E-state index in [1.165, 1.54) is 73.7 Å². The minimum absolute atomic E-state index is 0.105. The lowest BCUT2D eigenvalue weighted by atomic mass is 9.80. The Bertz CT molecular complexity index is 870. The molecule has 3 fully saturated rings. The highest BCUT2D eigenvalue weighted by Crippen LogP contribution is 2.35. The molecule has 0 radical (unpaired) electrons. The van der Waals surface area contributed by atoms with E-state index in [2.05, 4.69) is 17.0 Å². The van der Waals surface area contributed by atoms with E-state index in [1.54, 1.807) is 0 Å². The molecular formula is C25H32N2O3S2. The van der Waals surface area contributed by atoms with Gasteiger partial charge in [-0.05, 0) is 54.9 Å². The summed E-state index contributed by atoms with van der Waals surface area (Å²) >= 11 is 6.50. The van der Waals surface area contributed by atoms with Crippen LogP contribution in [0.15, 0.2) is 29.2 Å². The molecule has 0 atom stereocenters. The van der Waals surface area contributed by atoms with Crippen molar-refractivity contribution in [1.82, 2.24) is 4.90 Å². The highest BCUT2D eigenvalue weighted by atomic mass is 32.2. The van der Waals surface area contributed by atoms with Crippen LogP contribution in [0.5, 0.6) is 0 Å². The average Bonchev–Trinajstić information content (AvgIpc) is 3.06. The standard InChI is InChI=1S/C25H32N2O3S2/c28-23(29)12-15-27-24(30)22(32-25(27)31)17-19-6-8-21(9-7-19)26-13-10-20(11-14-26)16-18-4-2-1-3-5-18/h6-9,17-18,20H,1-5,10-16H2,(H,28,29)/b22-17+. The molecule has 7 heteroatoms. The van der Waals surface area contributed by atoms with Crippen molar-refractivity contribution >= 4 is 51.9 Å². The number of carbonyl (C=O) groups is 2. The van der Waals surface area contributed by atoms with Crippen LogP contribution in [-0.2, 0) is 9.59 Å². The van der Waals surface area contributed by atoms with E-state index in [9.17, 15) is 9.59 Å². The normalized spacial score (nSPS) is 22.2. The number of piperidine rings is 1. The maximum absolute atomic E-state index is 12.6. The van der Waals surface area contributed by atoms with E-state index < -0.39 is 5.97 Å². The highest BCUT2D eigenvalue weighted by molar-refractivity contribution is 8.26. The van der Waals surface area contributed by atoms with Gasteiger partial charge in [0.1, 0.15) is 4.32 Å². The van der Waals surface area contributed by atoms with Crippen LogP contribution in [0.1, 0.15) is 63.4 Å². The summed E-state index contributed by atoms with van der Waals surface area (Å²) in [5.41, 5.74) is 2.20. The summed E-state index contributed by atoms with van der Waals surface area (Å²) in [6.07, 6.45) is 12.9. The second kappa shape index (κ2) is 10.8. The molecule has 2 heterocycles. The van der Waals surface area contributed by atoms with Gasteiger partial charge in [-0.1, -0.05) is 68.2 Å². The number of hydrogen-bond acceptors (Lipinski definition) is 5. The number of rotatable bonds is 7. The Morgan fingerprint density at radius 3 is 2.38 bits per heavy atom. The molecule has 1 aromatic rings. The summed E-state index contributed by atoms with van der Waals surface area (Å²) in [6.45, 7) is 2.37. The third kappa shape index (κ3) is 5.93. The molecule has 0 bridgehead atoms. The molecule has 2 aliphatic heterocycles. The molecule has 0 aromatic heterocycles. The number of thiocarbonyl (C=S) groups is 1. The Morgan fingerprint density at radius 2 is 1.72 bits per heavy atom. The molecule has 0 unspecified atom stereocenters. The van der Waals surface area contributed by atoms with Crippen LogP contribution >= 0.6 is 24.0 Å². The van der Waals surface area contributed by atoms with Gasteiger partial charge in [0, 0.05) is 25.3 Å². The molecular weight excluding hydrogens is 440 g/mol. The van der Waals surface area contributed by atoms with E-state index in [0.29, 0.717) is 9.23 Å². The Hall–Kier alpha value is -1.86. The zero-order valence-corrected chi connectivity index (χ0v) is 20.1. The van der Waals surface area contributed by atoms with Gasteiger partial charge in [-0.3, -0.25) is 14.5 Å². The van der Waals surface area contributed by atoms with Crippen molar-refractivity contribution in [3.63, 3.8) is 0 Å². The number of anilines is 1. The van der Waals surface area contributed by atoms with Gasteiger partial charge in [0.25, 0.3) is 5.91 Å². The van der Waals surface area contributed by atoms with Crippen molar-refractivity contribution in [3.8, 4) is 0 Å². The second-order valence-corrected chi connectivity index (χ2v) is 10.9. The number of carbonyl (C=O) groups excluding carboxylic acids is 1. The van der Waals surface area contributed by atoms with Crippen molar-refractivity contribution < 1.29 is 14.7 Å². The maximum Gasteiger partial charge on any atom is 0.305 e. The predicted molar refractivity (Wildman–Crippen MR) is 135 cm³/mol. The third-order valence-corrected chi connectivity index (χ3v) is 8.36. The molecule has 3 aliphatic rings. The summed E-state index contributed by atoms with van der Waals surface area (Å²) in [4.78, 5) is 27.8. The minimum Gasteiger partial charge on any atom is -0.481 e. The largest absolute Gasteiger partial charge is 0.481 e. The quantitative estimate of drug-likeness (QED) is 0.415. The average molecular weight is 473 g/mol. The molecule has 1 aromatic carbocycles. The Morgan fingerprint density at radius 1 is 1.06 bits per heavy atom. The number of thioether (sulfide) groups is 1.